The van der Waals surface area contributed by atoms with Crippen molar-refractivity contribution >= 4 is 28.5 Å². The number of aryl methyl sites for hydroxylation is 1. The van der Waals surface area contributed by atoms with Crippen LogP contribution in [0.15, 0.2) is 23.2 Å². The van der Waals surface area contributed by atoms with Crippen molar-refractivity contribution in [2.75, 3.05) is 20.2 Å². The van der Waals surface area contributed by atoms with Crippen LogP contribution in [0.2, 0.25) is 0 Å². The fourth-order valence-electron chi connectivity index (χ4n) is 2.91. The average Bonchev–Trinajstić information content (AvgIpc) is 2.91. The first kappa shape index (κ1) is 17.6. The molecule has 25 heavy (non-hydrogen) atoms. The summed E-state index contributed by atoms with van der Waals surface area (Å²) in [5.74, 6) is -0.132. The lowest BCUT2D eigenvalue weighted by Gasteiger charge is -2.22. The summed E-state index contributed by atoms with van der Waals surface area (Å²) >= 11 is 1.53. The van der Waals surface area contributed by atoms with Gasteiger partial charge in [0.2, 0.25) is 0 Å². The molecule has 1 aromatic carbocycles. The molecular weight excluding hydrogens is 336 g/mol. The van der Waals surface area contributed by atoms with Crippen LogP contribution in [0.1, 0.15) is 38.8 Å². The molecule has 132 valence electrons. The Balaban J connectivity index is 1.99. The van der Waals surface area contributed by atoms with E-state index in [1.165, 1.54) is 11.3 Å². The Labute approximate surface area is 151 Å². The Hall–Kier alpha value is -2.18. The van der Waals surface area contributed by atoms with Crippen LogP contribution < -0.4 is 0 Å². The first-order chi connectivity index (χ1) is 12.0. The van der Waals surface area contributed by atoms with Crippen molar-refractivity contribution < 1.29 is 14.6 Å². The lowest BCUT2D eigenvalue weighted by molar-refractivity contribution is 0.0526. The SMILES string of the molecule is CCOC(=O)c1c(N=Cc2ccc(C)cc2O)sc2c1CCN(C)C2. The van der Waals surface area contributed by atoms with Crippen LogP contribution in [-0.2, 0) is 17.7 Å². The molecule has 2 heterocycles. The number of nitrogens with zero attached hydrogens (tertiary/aromatic N) is 2. The number of benzene rings is 1. The number of carbonyl (C=O) groups excluding carboxylic acids is 1. The smallest absolute Gasteiger partial charge is 0.341 e. The number of rotatable bonds is 4. The van der Waals surface area contributed by atoms with Gasteiger partial charge in [0.15, 0.2) is 0 Å². The quantitative estimate of drug-likeness (QED) is 0.669. The number of phenols is 1. The van der Waals surface area contributed by atoms with Crippen LogP contribution in [0, 0.1) is 6.92 Å². The highest BCUT2D eigenvalue weighted by Gasteiger charge is 2.27. The molecule has 3 rings (SSSR count). The molecule has 1 aromatic heterocycles. The fourth-order valence-corrected chi connectivity index (χ4v) is 4.17. The number of aromatic hydroxyl groups is 1. The van der Waals surface area contributed by atoms with Crippen molar-refractivity contribution in [2.24, 2.45) is 4.99 Å². The van der Waals surface area contributed by atoms with Gasteiger partial charge in [-0.25, -0.2) is 9.79 Å². The second-order valence-electron chi connectivity index (χ2n) is 6.21. The van der Waals surface area contributed by atoms with Crippen LogP contribution in [-0.4, -0.2) is 42.4 Å². The normalized spacial score (nSPS) is 14.7. The van der Waals surface area contributed by atoms with Crippen LogP contribution >= 0.6 is 11.3 Å². The topological polar surface area (TPSA) is 62.1 Å². The van der Waals surface area contributed by atoms with E-state index in [2.05, 4.69) is 16.9 Å². The average molecular weight is 358 g/mol. The number of thiophene rings is 1. The number of ether oxygens (including phenoxy) is 1. The summed E-state index contributed by atoms with van der Waals surface area (Å²) < 4.78 is 5.24. The van der Waals surface area contributed by atoms with Gasteiger partial charge in [0, 0.05) is 29.7 Å². The second kappa shape index (κ2) is 7.37. The Kier molecular flexibility index (Phi) is 5.20. The fraction of sp³-hybridized carbons (Fsp3) is 0.368. The summed E-state index contributed by atoms with van der Waals surface area (Å²) in [5.41, 5.74) is 3.25. The predicted octanol–water partition coefficient (Wildman–Crippen LogP) is 3.68. The van der Waals surface area contributed by atoms with Gasteiger partial charge < -0.3 is 14.7 Å². The van der Waals surface area contributed by atoms with Crippen molar-refractivity contribution in [3.05, 3.63) is 45.3 Å². The Morgan fingerprint density at radius 2 is 2.28 bits per heavy atom. The first-order valence-corrected chi connectivity index (χ1v) is 9.15. The number of carbonyl (C=O) groups is 1. The van der Waals surface area contributed by atoms with Gasteiger partial charge in [0.1, 0.15) is 10.8 Å². The van der Waals surface area contributed by atoms with Crippen molar-refractivity contribution in [1.29, 1.82) is 0 Å². The zero-order chi connectivity index (χ0) is 18.0. The molecule has 0 amide bonds. The molecule has 1 N–H and O–H groups in total. The molecule has 0 saturated carbocycles. The van der Waals surface area contributed by atoms with E-state index in [1.807, 2.05) is 19.1 Å². The third-order valence-electron chi connectivity index (χ3n) is 4.22. The Bertz CT molecular complexity index is 826. The number of hydrogen-bond acceptors (Lipinski definition) is 6. The lowest BCUT2D eigenvalue weighted by Crippen LogP contribution is -2.26. The summed E-state index contributed by atoms with van der Waals surface area (Å²) in [6.45, 7) is 5.79. The molecule has 0 aliphatic carbocycles. The van der Waals surface area contributed by atoms with E-state index in [-0.39, 0.29) is 11.7 Å². The minimum absolute atomic E-state index is 0.183. The highest BCUT2D eigenvalue weighted by atomic mass is 32.1. The van der Waals surface area contributed by atoms with E-state index in [0.29, 0.717) is 22.7 Å². The molecule has 0 spiro atoms. The molecule has 0 fully saturated rings. The van der Waals surface area contributed by atoms with E-state index < -0.39 is 0 Å². The van der Waals surface area contributed by atoms with Gasteiger partial charge in [-0.1, -0.05) is 6.07 Å². The molecule has 1 aliphatic heterocycles. The van der Waals surface area contributed by atoms with Crippen molar-refractivity contribution in [3.63, 3.8) is 0 Å². The molecule has 5 nitrogen and oxygen atoms in total. The molecule has 2 aromatic rings. The maximum Gasteiger partial charge on any atom is 0.341 e. The van der Waals surface area contributed by atoms with E-state index >= 15 is 0 Å². The van der Waals surface area contributed by atoms with Crippen molar-refractivity contribution in [2.45, 2.75) is 26.8 Å². The number of hydrogen-bond donors (Lipinski definition) is 1. The van der Waals surface area contributed by atoms with Gasteiger partial charge in [-0.15, -0.1) is 11.3 Å². The minimum Gasteiger partial charge on any atom is -0.507 e. The highest BCUT2D eigenvalue weighted by molar-refractivity contribution is 7.16. The maximum atomic E-state index is 12.5. The molecule has 0 unspecified atom stereocenters. The van der Waals surface area contributed by atoms with E-state index in [9.17, 15) is 9.90 Å². The minimum atomic E-state index is -0.315. The van der Waals surface area contributed by atoms with Crippen molar-refractivity contribution in [3.8, 4) is 5.75 Å². The molecule has 1 aliphatic rings. The third kappa shape index (κ3) is 3.75. The van der Waals surface area contributed by atoms with Gasteiger partial charge in [0.05, 0.1) is 12.2 Å². The Morgan fingerprint density at radius 3 is 3.00 bits per heavy atom. The molecule has 0 bridgehead atoms. The Morgan fingerprint density at radius 1 is 1.48 bits per heavy atom. The maximum absolute atomic E-state index is 12.5. The van der Waals surface area contributed by atoms with Crippen molar-refractivity contribution in [1.82, 2.24) is 4.90 Å². The highest BCUT2D eigenvalue weighted by Crippen LogP contribution is 2.39. The van der Waals surface area contributed by atoms with Crippen LogP contribution in [0.4, 0.5) is 5.00 Å². The molecule has 0 atom stereocenters. The standard InChI is InChI=1S/C19H22N2O3S/c1-4-24-19(23)17-14-7-8-21(3)11-16(14)25-18(17)20-10-13-6-5-12(2)9-15(13)22/h5-6,9-10,22H,4,7-8,11H2,1-3H3. The number of esters is 1. The number of likely N-dealkylation sites (N-methyl/N-ethyl adjacent to an activating group) is 1. The second-order valence-corrected chi connectivity index (χ2v) is 7.30. The molecule has 0 saturated heterocycles. The van der Waals surface area contributed by atoms with Crippen LogP contribution in [0.25, 0.3) is 0 Å². The zero-order valence-corrected chi connectivity index (χ0v) is 15.5. The van der Waals surface area contributed by atoms with Crippen LogP contribution in [0.3, 0.4) is 0 Å². The number of aliphatic imine (C=N–C) groups is 1. The molecular formula is C19H22N2O3S. The number of fused-ring (bicyclic) bond motifs is 1. The van der Waals surface area contributed by atoms with Gasteiger partial charge in [-0.05, 0) is 50.6 Å². The predicted molar refractivity (Wildman–Crippen MR) is 100 cm³/mol. The lowest BCUT2D eigenvalue weighted by atomic mass is 10.0. The summed E-state index contributed by atoms with van der Waals surface area (Å²) in [6, 6.07) is 5.43. The zero-order valence-electron chi connectivity index (χ0n) is 14.7. The van der Waals surface area contributed by atoms with Gasteiger partial charge in [0.25, 0.3) is 0 Å². The summed E-state index contributed by atoms with van der Waals surface area (Å²) in [4.78, 5) is 20.4. The van der Waals surface area contributed by atoms with E-state index in [4.69, 9.17) is 4.74 Å². The van der Waals surface area contributed by atoms with Gasteiger partial charge in [-0.3, -0.25) is 0 Å². The third-order valence-corrected chi connectivity index (χ3v) is 5.34. The van der Waals surface area contributed by atoms with E-state index in [0.717, 1.165) is 35.5 Å². The summed E-state index contributed by atoms with van der Waals surface area (Å²) in [6.07, 6.45) is 2.43. The number of phenolic OH excluding ortho intramolecular Hbond substituents is 1. The first-order valence-electron chi connectivity index (χ1n) is 8.33. The summed E-state index contributed by atoms with van der Waals surface area (Å²) in [7, 11) is 2.07. The molecule has 6 heteroatoms. The van der Waals surface area contributed by atoms with Gasteiger partial charge in [-0.2, -0.15) is 0 Å². The monoisotopic (exact) mass is 358 g/mol. The van der Waals surface area contributed by atoms with Crippen LogP contribution in [0.5, 0.6) is 5.75 Å². The molecule has 0 radical (unpaired) electrons. The summed E-state index contributed by atoms with van der Waals surface area (Å²) in [5, 5.41) is 10.7. The van der Waals surface area contributed by atoms with Gasteiger partial charge >= 0.3 is 5.97 Å². The van der Waals surface area contributed by atoms with E-state index in [1.54, 1.807) is 19.2 Å². The largest absolute Gasteiger partial charge is 0.507 e.